The normalized spacial score (nSPS) is 11.4. The molecule has 0 fully saturated rings. The molecule has 2 rings (SSSR count). The van der Waals surface area contributed by atoms with Crippen LogP contribution in [0.4, 0.5) is 5.69 Å². The third kappa shape index (κ3) is 5.34. The summed E-state index contributed by atoms with van der Waals surface area (Å²) in [5, 5.41) is 6.89. The fraction of sp³-hybridized carbons (Fsp3) is 0.429. The van der Waals surface area contributed by atoms with E-state index in [0.717, 1.165) is 18.7 Å². The van der Waals surface area contributed by atoms with Crippen LogP contribution in [0.3, 0.4) is 0 Å². The molecule has 1 N–H and O–H groups in total. The molecule has 0 radical (unpaired) electrons. The van der Waals surface area contributed by atoms with E-state index in [9.17, 15) is 4.79 Å². The largest absolute Gasteiger partial charge is 0.483 e. The molecular weight excluding hydrogens is 262 g/mol. The Morgan fingerprint density at radius 3 is 2.58 bits per heavy atom. The molecule has 0 spiro atoms. The van der Waals surface area contributed by atoms with Crippen molar-refractivity contribution in [1.29, 1.82) is 0 Å². The smallest absolute Gasteiger partial charge is 0.290 e. The van der Waals surface area contributed by atoms with Gasteiger partial charge in [0, 0.05) is 18.7 Å². The number of para-hydroxylation sites is 1. The Labute approximate surface area is 119 Å². The van der Waals surface area contributed by atoms with Gasteiger partial charge >= 0.3 is 0 Å². The average molecular weight is 283 g/mol. The molecule has 0 aliphatic carbocycles. The molecule has 1 aliphatic heterocycles. The molecule has 0 bridgehead atoms. The lowest BCUT2D eigenvalue weighted by molar-refractivity contribution is -0.123. The van der Waals surface area contributed by atoms with Crippen molar-refractivity contribution in [2.45, 2.75) is 26.7 Å². The molecule has 0 unspecified atom stereocenters. The molecule has 1 heterocycles. The van der Waals surface area contributed by atoms with Gasteiger partial charge in [-0.1, -0.05) is 32.0 Å². The van der Waals surface area contributed by atoms with Crippen molar-refractivity contribution in [3.8, 4) is 0 Å². The van der Waals surface area contributed by atoms with Crippen LogP contribution < -0.4 is 4.90 Å². The zero-order valence-electron chi connectivity index (χ0n) is 11.4. The van der Waals surface area contributed by atoms with E-state index < -0.39 is 0 Å². The highest BCUT2D eigenvalue weighted by Gasteiger charge is 2.22. The number of hydrogen-bond donors (Lipinski definition) is 2. The first-order valence-corrected chi connectivity index (χ1v) is 6.94. The quantitative estimate of drug-likeness (QED) is 0.648. The summed E-state index contributed by atoms with van der Waals surface area (Å²) in [7, 11) is 0. The van der Waals surface area contributed by atoms with E-state index in [1.807, 2.05) is 36.9 Å². The number of hydrogen-bond acceptors (Lipinski definition) is 3. The van der Waals surface area contributed by atoms with Gasteiger partial charge in [0.1, 0.15) is 0 Å². The summed E-state index contributed by atoms with van der Waals surface area (Å²) in [5.41, 5.74) is 2.36. The number of carboxylic acid groups (broad SMARTS) is 1. The van der Waals surface area contributed by atoms with Gasteiger partial charge in [0.25, 0.3) is 6.47 Å². The maximum atomic E-state index is 11.7. The Balaban J connectivity index is 0.000000573. The first kappa shape index (κ1) is 17.5. The molecule has 1 aromatic rings. The van der Waals surface area contributed by atoms with E-state index >= 15 is 0 Å². The van der Waals surface area contributed by atoms with Gasteiger partial charge in [-0.2, -0.15) is 12.6 Å². The molecule has 0 aromatic heterocycles. The number of anilines is 1. The monoisotopic (exact) mass is 283 g/mol. The van der Waals surface area contributed by atoms with Crippen LogP contribution >= 0.6 is 12.6 Å². The minimum atomic E-state index is -0.250. The van der Waals surface area contributed by atoms with Gasteiger partial charge in [0.2, 0.25) is 5.91 Å². The third-order valence-electron chi connectivity index (χ3n) is 2.51. The molecule has 106 valence electrons. The fourth-order valence-electron chi connectivity index (χ4n) is 1.83. The highest BCUT2D eigenvalue weighted by Crippen LogP contribution is 2.27. The highest BCUT2D eigenvalue weighted by molar-refractivity contribution is 7.80. The highest BCUT2D eigenvalue weighted by atomic mass is 32.1. The average Bonchev–Trinajstić information content (AvgIpc) is 2.86. The van der Waals surface area contributed by atoms with E-state index in [1.165, 1.54) is 5.56 Å². The maximum Gasteiger partial charge on any atom is 0.290 e. The molecule has 19 heavy (non-hydrogen) atoms. The van der Waals surface area contributed by atoms with Crippen molar-refractivity contribution in [2.75, 3.05) is 17.2 Å². The van der Waals surface area contributed by atoms with Gasteiger partial charge in [-0.15, -0.1) is 0 Å². The minimum absolute atomic E-state index is 0.185. The zero-order chi connectivity index (χ0) is 14.7. The van der Waals surface area contributed by atoms with Crippen molar-refractivity contribution < 1.29 is 14.7 Å². The second-order valence-electron chi connectivity index (χ2n) is 3.50. The van der Waals surface area contributed by atoms with E-state index in [0.29, 0.717) is 12.2 Å². The van der Waals surface area contributed by atoms with Gasteiger partial charge in [-0.05, 0) is 23.8 Å². The van der Waals surface area contributed by atoms with Crippen LogP contribution in [-0.4, -0.2) is 29.8 Å². The van der Waals surface area contributed by atoms with Crippen LogP contribution in [0.1, 0.15) is 25.8 Å². The zero-order valence-corrected chi connectivity index (χ0v) is 12.3. The number of rotatable bonds is 2. The van der Waals surface area contributed by atoms with Crippen LogP contribution in [0.2, 0.25) is 0 Å². The predicted octanol–water partition coefficient (Wildman–Crippen LogP) is 2.62. The van der Waals surface area contributed by atoms with Crippen LogP contribution in [0.5, 0.6) is 0 Å². The van der Waals surface area contributed by atoms with E-state index in [4.69, 9.17) is 9.90 Å². The number of carbonyl (C=O) groups is 2. The lowest BCUT2D eigenvalue weighted by Crippen LogP contribution is -2.28. The first-order valence-electron chi connectivity index (χ1n) is 6.31. The van der Waals surface area contributed by atoms with Gasteiger partial charge in [0.15, 0.2) is 0 Å². The van der Waals surface area contributed by atoms with E-state index in [2.05, 4.69) is 18.7 Å². The molecule has 0 atom stereocenters. The van der Waals surface area contributed by atoms with Gasteiger partial charge in [-0.25, -0.2) is 0 Å². The number of carbonyl (C=O) groups excluding carboxylic acids is 1. The summed E-state index contributed by atoms with van der Waals surface area (Å²) < 4.78 is 0. The summed E-state index contributed by atoms with van der Waals surface area (Å²) in [6, 6.07) is 8.10. The van der Waals surface area contributed by atoms with Crippen molar-refractivity contribution in [2.24, 2.45) is 0 Å². The number of benzene rings is 1. The van der Waals surface area contributed by atoms with Crippen molar-refractivity contribution in [3.63, 3.8) is 0 Å². The predicted molar refractivity (Wildman–Crippen MR) is 81.0 cm³/mol. The summed E-state index contributed by atoms with van der Waals surface area (Å²) in [6.45, 7) is 4.58. The number of nitrogens with zero attached hydrogens (tertiary/aromatic N) is 1. The lowest BCUT2D eigenvalue weighted by Gasteiger charge is -2.16. The fourth-order valence-corrected chi connectivity index (χ4v) is 2.02. The molecule has 0 saturated carbocycles. The second kappa shape index (κ2) is 10.4. The van der Waals surface area contributed by atoms with E-state index in [1.54, 1.807) is 0 Å². The summed E-state index contributed by atoms with van der Waals surface area (Å²) in [5.74, 6) is 0.808. The molecule has 4 nitrogen and oxygen atoms in total. The topological polar surface area (TPSA) is 57.6 Å². The SMILES string of the molecule is CC.O=C(CCS)N1CCc2ccccc21.O=CO. The molecule has 1 aliphatic rings. The van der Waals surface area contributed by atoms with Crippen molar-refractivity contribution in [1.82, 2.24) is 0 Å². The van der Waals surface area contributed by atoms with E-state index in [-0.39, 0.29) is 12.4 Å². The molecule has 5 heteroatoms. The molecule has 0 saturated heterocycles. The number of fused-ring (bicyclic) bond motifs is 1. The van der Waals surface area contributed by atoms with Crippen LogP contribution in [0, 0.1) is 0 Å². The van der Waals surface area contributed by atoms with Crippen molar-refractivity contribution >= 4 is 30.7 Å². The van der Waals surface area contributed by atoms with Gasteiger partial charge in [-0.3, -0.25) is 9.59 Å². The molecule has 1 aromatic carbocycles. The Kier molecular flexibility index (Phi) is 9.62. The Bertz CT molecular complexity index is 396. The lowest BCUT2D eigenvalue weighted by atomic mass is 10.2. The third-order valence-corrected chi connectivity index (χ3v) is 2.74. The number of amides is 1. The van der Waals surface area contributed by atoms with Gasteiger partial charge < -0.3 is 10.0 Å². The Hall–Kier alpha value is -1.49. The molecule has 1 amide bonds. The maximum absolute atomic E-state index is 11.7. The van der Waals surface area contributed by atoms with Crippen LogP contribution in [0.25, 0.3) is 0 Å². The van der Waals surface area contributed by atoms with Crippen LogP contribution in [0.15, 0.2) is 24.3 Å². The standard InChI is InChI=1S/C11H13NOS.C2H6.CH2O2/c13-11(6-8-14)12-7-5-9-3-1-2-4-10(9)12;1-2;2-1-3/h1-4,14H,5-8H2;1-2H3;1H,(H,2,3). The van der Waals surface area contributed by atoms with Crippen LogP contribution in [-0.2, 0) is 16.0 Å². The van der Waals surface area contributed by atoms with Gasteiger partial charge in [0.05, 0.1) is 0 Å². The molecular formula is C14H21NO3S. The Morgan fingerprint density at radius 1 is 1.42 bits per heavy atom. The summed E-state index contributed by atoms with van der Waals surface area (Å²) >= 11 is 4.08. The second-order valence-corrected chi connectivity index (χ2v) is 3.95. The summed E-state index contributed by atoms with van der Waals surface area (Å²) in [4.78, 5) is 21.9. The van der Waals surface area contributed by atoms with Crippen molar-refractivity contribution in [3.05, 3.63) is 29.8 Å². The Morgan fingerprint density at radius 2 is 2.00 bits per heavy atom. The minimum Gasteiger partial charge on any atom is -0.483 e. The first-order chi connectivity index (χ1) is 9.24. The summed E-state index contributed by atoms with van der Waals surface area (Å²) in [6.07, 6.45) is 1.51. The number of thiol groups is 1.